The molecule has 3 heterocycles. The molecule has 11 rings (SSSR count). The van der Waals surface area contributed by atoms with Crippen LogP contribution in [0, 0.1) is 0 Å². The molecule has 0 amide bonds. The fourth-order valence-corrected chi connectivity index (χ4v) is 8.20. The highest BCUT2D eigenvalue weighted by Gasteiger charge is 2.22. The summed E-state index contributed by atoms with van der Waals surface area (Å²) in [5.41, 5.74) is 9.46. The van der Waals surface area contributed by atoms with Gasteiger partial charge in [0.05, 0.1) is 16.6 Å². The summed E-state index contributed by atoms with van der Waals surface area (Å²) in [6, 6.07) is 60.4. The van der Waals surface area contributed by atoms with E-state index in [0.29, 0.717) is 28.1 Å². The molecule has 6 heteroatoms. The van der Waals surface area contributed by atoms with Gasteiger partial charge in [0.15, 0.2) is 17.5 Å². The molecule has 0 fully saturated rings. The molecule has 0 aliphatic heterocycles. The van der Waals surface area contributed by atoms with Crippen LogP contribution in [0.4, 0.5) is 0 Å². The molecule has 258 valence electrons. The molecule has 0 saturated carbocycles. The first-order valence-corrected chi connectivity index (χ1v) is 18.6. The molecule has 0 spiro atoms. The molecule has 3 aromatic heterocycles. The monoisotopic (exact) mass is 724 g/mol. The number of rotatable bonds is 5. The number of hydrogen-bond acceptors (Lipinski definition) is 4. The summed E-state index contributed by atoms with van der Waals surface area (Å²) in [4.78, 5) is 15.8. The predicted octanol–water partition coefficient (Wildman–Crippen LogP) is 13.3. The third-order valence-electron chi connectivity index (χ3n) is 10.5. The van der Waals surface area contributed by atoms with E-state index >= 15 is 0 Å². The molecule has 0 saturated heterocycles. The maximum atomic E-state index is 6.69. The van der Waals surface area contributed by atoms with Crippen LogP contribution in [0.3, 0.4) is 0 Å². The zero-order valence-electron chi connectivity index (χ0n) is 29.3. The Bertz CT molecular complexity index is 3280. The number of aromatic nitrogens is 4. The van der Waals surface area contributed by atoms with Crippen LogP contribution >= 0.6 is 11.6 Å². The normalized spacial score (nSPS) is 11.7. The van der Waals surface area contributed by atoms with Gasteiger partial charge < -0.3 is 8.98 Å². The van der Waals surface area contributed by atoms with Crippen LogP contribution in [0.2, 0.25) is 5.02 Å². The molecule has 0 unspecified atom stereocenters. The van der Waals surface area contributed by atoms with Crippen molar-refractivity contribution < 1.29 is 4.42 Å². The Kier molecular flexibility index (Phi) is 7.15. The minimum Gasteiger partial charge on any atom is -0.455 e. The van der Waals surface area contributed by atoms with Crippen molar-refractivity contribution in [3.63, 3.8) is 0 Å². The Balaban J connectivity index is 1.21. The van der Waals surface area contributed by atoms with E-state index in [-0.39, 0.29) is 0 Å². The first-order valence-electron chi connectivity index (χ1n) is 18.2. The van der Waals surface area contributed by atoms with E-state index in [0.717, 1.165) is 82.4 Å². The van der Waals surface area contributed by atoms with Crippen molar-refractivity contribution in [2.45, 2.75) is 0 Å². The predicted molar refractivity (Wildman–Crippen MR) is 226 cm³/mol. The summed E-state index contributed by atoms with van der Waals surface area (Å²) in [7, 11) is 0. The van der Waals surface area contributed by atoms with Crippen LogP contribution < -0.4 is 0 Å². The molecule has 0 N–H and O–H groups in total. The van der Waals surface area contributed by atoms with Gasteiger partial charge in [-0.1, -0.05) is 133 Å². The van der Waals surface area contributed by atoms with Gasteiger partial charge in [0, 0.05) is 43.4 Å². The zero-order valence-corrected chi connectivity index (χ0v) is 30.1. The van der Waals surface area contributed by atoms with Crippen molar-refractivity contribution in [2.75, 3.05) is 0 Å². The van der Waals surface area contributed by atoms with Crippen LogP contribution in [0.1, 0.15) is 0 Å². The average Bonchev–Trinajstić information content (AvgIpc) is 3.81. The van der Waals surface area contributed by atoms with Crippen LogP contribution in [0.25, 0.3) is 105 Å². The Morgan fingerprint density at radius 3 is 1.95 bits per heavy atom. The Morgan fingerprint density at radius 1 is 0.455 bits per heavy atom. The fraction of sp³-hybridized carbons (Fsp3) is 0. The van der Waals surface area contributed by atoms with Crippen molar-refractivity contribution in [3.8, 4) is 51.0 Å². The SMILES string of the molecule is Clc1ccc2ccc3oc4c(-c5nc(-c6cccc(-c7ccccc7)c6)nc(-c6cccc7c8ccccc8n(-c8ccccc8)c67)n5)cccc4c3c2c1. The summed E-state index contributed by atoms with van der Waals surface area (Å²) in [6.45, 7) is 0. The first kappa shape index (κ1) is 31.4. The number of nitrogens with zero attached hydrogens (tertiary/aromatic N) is 4. The topological polar surface area (TPSA) is 56.7 Å². The third kappa shape index (κ3) is 5.12. The van der Waals surface area contributed by atoms with E-state index in [4.69, 9.17) is 31.0 Å². The van der Waals surface area contributed by atoms with Gasteiger partial charge in [-0.05, 0) is 76.5 Å². The smallest absolute Gasteiger partial charge is 0.167 e. The molecule has 0 atom stereocenters. The van der Waals surface area contributed by atoms with Crippen LogP contribution in [-0.4, -0.2) is 19.5 Å². The summed E-state index contributed by atoms with van der Waals surface area (Å²) in [6.07, 6.45) is 0. The lowest BCUT2D eigenvalue weighted by atomic mass is 10.0. The Morgan fingerprint density at radius 2 is 1.09 bits per heavy atom. The number of benzene rings is 8. The van der Waals surface area contributed by atoms with E-state index in [1.807, 2.05) is 48.5 Å². The maximum Gasteiger partial charge on any atom is 0.167 e. The number of hydrogen-bond donors (Lipinski definition) is 0. The first-order chi connectivity index (χ1) is 27.2. The third-order valence-corrected chi connectivity index (χ3v) is 10.7. The van der Waals surface area contributed by atoms with Crippen molar-refractivity contribution in [3.05, 3.63) is 181 Å². The molecular formula is C49H29ClN4O. The van der Waals surface area contributed by atoms with E-state index in [1.165, 1.54) is 0 Å². The second kappa shape index (κ2) is 12.5. The van der Waals surface area contributed by atoms with Crippen molar-refractivity contribution >= 4 is 66.1 Å². The number of fused-ring (bicyclic) bond motifs is 8. The second-order valence-corrected chi connectivity index (χ2v) is 14.2. The number of halogens is 1. The van der Waals surface area contributed by atoms with Gasteiger partial charge in [-0.2, -0.15) is 0 Å². The molecular weight excluding hydrogens is 696 g/mol. The molecule has 11 aromatic rings. The zero-order chi connectivity index (χ0) is 36.5. The molecule has 0 bridgehead atoms. The lowest BCUT2D eigenvalue weighted by molar-refractivity contribution is 0.670. The van der Waals surface area contributed by atoms with Gasteiger partial charge in [-0.25, -0.2) is 15.0 Å². The Hall–Kier alpha value is -7.08. The summed E-state index contributed by atoms with van der Waals surface area (Å²) >= 11 is 6.52. The van der Waals surface area contributed by atoms with Crippen LogP contribution in [0.15, 0.2) is 180 Å². The van der Waals surface area contributed by atoms with Gasteiger partial charge in [0.2, 0.25) is 0 Å². The quantitative estimate of drug-likeness (QED) is 0.177. The minimum absolute atomic E-state index is 0.525. The molecule has 55 heavy (non-hydrogen) atoms. The van der Waals surface area contributed by atoms with E-state index in [2.05, 4.69) is 132 Å². The molecule has 0 aliphatic rings. The molecule has 0 radical (unpaired) electrons. The molecule has 5 nitrogen and oxygen atoms in total. The van der Waals surface area contributed by atoms with Gasteiger partial charge in [-0.15, -0.1) is 0 Å². The lowest BCUT2D eigenvalue weighted by Gasteiger charge is -2.13. The molecule has 0 aliphatic carbocycles. The lowest BCUT2D eigenvalue weighted by Crippen LogP contribution is -2.02. The van der Waals surface area contributed by atoms with Crippen molar-refractivity contribution in [1.29, 1.82) is 0 Å². The Labute approximate surface area is 320 Å². The largest absolute Gasteiger partial charge is 0.455 e. The minimum atomic E-state index is 0.525. The number of para-hydroxylation sites is 4. The van der Waals surface area contributed by atoms with Crippen LogP contribution in [0.5, 0.6) is 0 Å². The average molecular weight is 725 g/mol. The second-order valence-electron chi connectivity index (χ2n) is 13.7. The standard InChI is InChI=1S/C49H29ClN4O/c50-34-26-24-31-25-27-43-44(41(31)29-34)38-20-11-22-40(46(38)55-43)49-52-47(33-15-9-14-32(28-33)30-12-3-1-4-13-30)51-48(53-49)39-21-10-19-37-36-18-7-8-23-42(36)54(45(37)39)35-16-5-2-6-17-35/h1-29H. The fourth-order valence-electron chi connectivity index (χ4n) is 8.02. The van der Waals surface area contributed by atoms with Crippen LogP contribution in [-0.2, 0) is 0 Å². The van der Waals surface area contributed by atoms with Gasteiger partial charge in [0.1, 0.15) is 11.2 Å². The van der Waals surface area contributed by atoms with Gasteiger partial charge in [-0.3, -0.25) is 0 Å². The highest BCUT2D eigenvalue weighted by Crippen LogP contribution is 2.41. The summed E-state index contributed by atoms with van der Waals surface area (Å²) < 4.78 is 9.01. The maximum absolute atomic E-state index is 6.69. The van der Waals surface area contributed by atoms with Gasteiger partial charge >= 0.3 is 0 Å². The van der Waals surface area contributed by atoms with Crippen molar-refractivity contribution in [2.24, 2.45) is 0 Å². The summed E-state index contributed by atoms with van der Waals surface area (Å²) in [5.74, 6) is 1.67. The summed E-state index contributed by atoms with van der Waals surface area (Å²) in [5, 5.41) is 7.08. The van der Waals surface area contributed by atoms with E-state index in [1.54, 1.807) is 0 Å². The highest BCUT2D eigenvalue weighted by atomic mass is 35.5. The van der Waals surface area contributed by atoms with E-state index < -0.39 is 0 Å². The number of furan rings is 1. The van der Waals surface area contributed by atoms with Crippen molar-refractivity contribution in [1.82, 2.24) is 19.5 Å². The van der Waals surface area contributed by atoms with Gasteiger partial charge in [0.25, 0.3) is 0 Å². The highest BCUT2D eigenvalue weighted by molar-refractivity contribution is 6.32. The van der Waals surface area contributed by atoms with E-state index in [9.17, 15) is 0 Å². The molecule has 8 aromatic carbocycles.